The fourth-order valence-electron chi connectivity index (χ4n) is 2.34. The minimum absolute atomic E-state index is 0.123. The van der Waals surface area contributed by atoms with Gasteiger partial charge in [-0.3, -0.25) is 9.78 Å². The Kier molecular flexibility index (Phi) is 3.80. The number of likely N-dealkylation sites (tertiary alicyclic amines) is 1. The zero-order valence-electron chi connectivity index (χ0n) is 11.3. The number of hydrogen-bond acceptors (Lipinski definition) is 4. The number of thiophene rings is 1. The van der Waals surface area contributed by atoms with Gasteiger partial charge in [-0.15, -0.1) is 11.3 Å². The van der Waals surface area contributed by atoms with Crippen LogP contribution in [0, 0.1) is 0 Å². The molecular formula is C15H16N2O2S. The van der Waals surface area contributed by atoms with Crippen LogP contribution in [-0.2, 0) is 11.3 Å². The van der Waals surface area contributed by atoms with Crippen molar-refractivity contribution in [1.29, 1.82) is 0 Å². The first-order valence-corrected chi connectivity index (χ1v) is 7.36. The van der Waals surface area contributed by atoms with Crippen molar-refractivity contribution in [2.24, 2.45) is 0 Å². The van der Waals surface area contributed by atoms with Crippen LogP contribution in [0.5, 0.6) is 0 Å². The van der Waals surface area contributed by atoms with Gasteiger partial charge in [0.1, 0.15) is 0 Å². The molecular weight excluding hydrogens is 272 g/mol. The van der Waals surface area contributed by atoms with Gasteiger partial charge in [-0.1, -0.05) is 6.07 Å². The molecule has 2 aromatic heterocycles. The Labute approximate surface area is 122 Å². The lowest BCUT2D eigenvalue weighted by Crippen LogP contribution is -2.48. The van der Waals surface area contributed by atoms with Gasteiger partial charge in [-0.05, 0) is 23.8 Å². The molecule has 2 aromatic rings. The van der Waals surface area contributed by atoms with Gasteiger partial charge in [-0.2, -0.15) is 0 Å². The highest BCUT2D eigenvalue weighted by Gasteiger charge is 2.32. The number of nitrogens with zero attached hydrogens (tertiary/aromatic N) is 2. The van der Waals surface area contributed by atoms with Crippen LogP contribution >= 0.6 is 11.3 Å². The van der Waals surface area contributed by atoms with Crippen molar-refractivity contribution in [3.63, 3.8) is 0 Å². The maximum absolute atomic E-state index is 12.3. The van der Waals surface area contributed by atoms with E-state index in [-0.39, 0.29) is 5.91 Å². The monoisotopic (exact) mass is 288 g/mol. The van der Waals surface area contributed by atoms with Crippen LogP contribution in [0.3, 0.4) is 0 Å². The van der Waals surface area contributed by atoms with Crippen LogP contribution < -0.4 is 0 Å². The summed E-state index contributed by atoms with van der Waals surface area (Å²) in [6, 6.07) is 7.86. The lowest BCUT2D eigenvalue weighted by Gasteiger charge is -2.39. The highest BCUT2D eigenvalue weighted by atomic mass is 32.1. The number of ether oxygens (including phenoxy) is 1. The van der Waals surface area contributed by atoms with E-state index < -0.39 is 0 Å². The van der Waals surface area contributed by atoms with Gasteiger partial charge in [-0.25, -0.2) is 0 Å². The lowest BCUT2D eigenvalue weighted by atomic mass is 9.92. The van der Waals surface area contributed by atoms with E-state index in [2.05, 4.69) is 11.1 Å². The molecule has 0 saturated carbocycles. The molecule has 0 unspecified atom stereocenters. The summed E-state index contributed by atoms with van der Waals surface area (Å²) in [5.74, 6) is 0.545. The minimum atomic E-state index is 0.123. The number of carbonyl (C=O) groups is 1. The third-order valence-electron chi connectivity index (χ3n) is 3.48. The second kappa shape index (κ2) is 5.73. The van der Waals surface area contributed by atoms with E-state index in [4.69, 9.17) is 4.74 Å². The zero-order valence-corrected chi connectivity index (χ0v) is 12.1. The maximum atomic E-state index is 12.3. The van der Waals surface area contributed by atoms with E-state index in [0.29, 0.717) is 12.5 Å². The quantitative estimate of drug-likeness (QED) is 0.868. The molecule has 0 N–H and O–H groups in total. The molecule has 0 radical (unpaired) electrons. The first-order valence-electron chi connectivity index (χ1n) is 6.55. The standard InChI is InChI=1S/C15H16N2O2S/c1-19-10-13-4-5-14(20-13)15(18)17-8-12(9-17)11-3-2-6-16-7-11/h2-7,12H,8-10H2,1H3. The Morgan fingerprint density at radius 2 is 2.30 bits per heavy atom. The molecule has 1 aliphatic heterocycles. The van der Waals surface area contributed by atoms with Crippen molar-refractivity contribution in [2.75, 3.05) is 20.2 Å². The Hall–Kier alpha value is -1.72. The third kappa shape index (κ3) is 2.59. The summed E-state index contributed by atoms with van der Waals surface area (Å²) < 4.78 is 5.08. The summed E-state index contributed by atoms with van der Waals surface area (Å²) in [4.78, 5) is 20.2. The van der Waals surface area contributed by atoms with Gasteiger partial charge in [0.25, 0.3) is 5.91 Å². The average Bonchev–Trinajstić information content (AvgIpc) is 2.87. The fourth-order valence-corrected chi connectivity index (χ4v) is 3.29. The van der Waals surface area contributed by atoms with Crippen molar-refractivity contribution in [1.82, 2.24) is 9.88 Å². The number of aromatic nitrogens is 1. The predicted octanol–water partition coefficient (Wildman–Crippen LogP) is 2.53. The molecule has 104 valence electrons. The Balaban J connectivity index is 1.60. The van der Waals surface area contributed by atoms with Crippen molar-refractivity contribution in [3.8, 4) is 0 Å². The molecule has 20 heavy (non-hydrogen) atoms. The topological polar surface area (TPSA) is 42.4 Å². The van der Waals surface area contributed by atoms with Gasteiger partial charge in [0.05, 0.1) is 11.5 Å². The first kappa shape index (κ1) is 13.3. The van der Waals surface area contributed by atoms with Crippen LogP contribution in [0.4, 0.5) is 0 Å². The maximum Gasteiger partial charge on any atom is 0.263 e. The fraction of sp³-hybridized carbons (Fsp3) is 0.333. The van der Waals surface area contributed by atoms with Crippen molar-refractivity contribution < 1.29 is 9.53 Å². The van der Waals surface area contributed by atoms with Crippen molar-refractivity contribution in [3.05, 3.63) is 52.0 Å². The van der Waals surface area contributed by atoms with Gasteiger partial charge >= 0.3 is 0 Å². The molecule has 3 heterocycles. The molecule has 4 nitrogen and oxygen atoms in total. The van der Waals surface area contributed by atoms with Gasteiger partial charge < -0.3 is 9.64 Å². The molecule has 1 saturated heterocycles. The molecule has 0 atom stereocenters. The smallest absolute Gasteiger partial charge is 0.263 e. The molecule has 5 heteroatoms. The van der Waals surface area contributed by atoms with Crippen LogP contribution in [0.15, 0.2) is 36.7 Å². The number of rotatable bonds is 4. The Morgan fingerprint density at radius 3 is 3.00 bits per heavy atom. The highest BCUT2D eigenvalue weighted by molar-refractivity contribution is 7.14. The summed E-state index contributed by atoms with van der Waals surface area (Å²) in [5, 5.41) is 0. The predicted molar refractivity (Wildman–Crippen MR) is 77.9 cm³/mol. The van der Waals surface area contributed by atoms with Crippen molar-refractivity contribution >= 4 is 17.2 Å². The number of amides is 1. The van der Waals surface area contributed by atoms with Gasteiger partial charge in [0, 0.05) is 43.4 Å². The largest absolute Gasteiger partial charge is 0.379 e. The van der Waals surface area contributed by atoms with Gasteiger partial charge in [0.2, 0.25) is 0 Å². The van der Waals surface area contributed by atoms with E-state index >= 15 is 0 Å². The summed E-state index contributed by atoms with van der Waals surface area (Å²) in [6.07, 6.45) is 3.66. The van der Waals surface area contributed by atoms with E-state index in [0.717, 1.165) is 22.8 Å². The lowest BCUT2D eigenvalue weighted by molar-refractivity contribution is 0.0607. The molecule has 0 aromatic carbocycles. The van der Waals surface area contributed by atoms with Crippen molar-refractivity contribution in [2.45, 2.75) is 12.5 Å². The normalized spacial score (nSPS) is 15.2. The number of methoxy groups -OCH3 is 1. The highest BCUT2D eigenvalue weighted by Crippen LogP contribution is 2.29. The molecule has 1 aliphatic rings. The molecule has 0 aliphatic carbocycles. The van der Waals surface area contributed by atoms with E-state index in [9.17, 15) is 4.79 Å². The molecule has 0 spiro atoms. The zero-order chi connectivity index (χ0) is 13.9. The minimum Gasteiger partial charge on any atom is -0.379 e. The third-order valence-corrected chi connectivity index (χ3v) is 4.53. The van der Waals surface area contributed by atoms with Crippen LogP contribution in [0.2, 0.25) is 0 Å². The SMILES string of the molecule is COCc1ccc(C(=O)N2CC(c3cccnc3)C2)s1. The number of carbonyl (C=O) groups excluding carboxylic acids is 1. The molecule has 1 amide bonds. The van der Waals surface area contributed by atoms with Crippen LogP contribution in [0.25, 0.3) is 0 Å². The van der Waals surface area contributed by atoms with E-state index in [1.807, 2.05) is 29.3 Å². The van der Waals surface area contributed by atoms with Crippen LogP contribution in [-0.4, -0.2) is 36.0 Å². The Morgan fingerprint density at radius 1 is 1.45 bits per heavy atom. The summed E-state index contributed by atoms with van der Waals surface area (Å²) in [5.41, 5.74) is 1.21. The molecule has 1 fully saturated rings. The number of hydrogen-bond donors (Lipinski definition) is 0. The second-order valence-electron chi connectivity index (χ2n) is 4.89. The van der Waals surface area contributed by atoms with E-state index in [1.54, 1.807) is 13.3 Å². The van der Waals surface area contributed by atoms with Gasteiger partial charge in [0.15, 0.2) is 0 Å². The summed E-state index contributed by atoms with van der Waals surface area (Å²) in [6.45, 7) is 2.13. The van der Waals surface area contributed by atoms with E-state index in [1.165, 1.54) is 16.9 Å². The second-order valence-corrected chi connectivity index (χ2v) is 6.06. The summed E-state index contributed by atoms with van der Waals surface area (Å²) in [7, 11) is 1.66. The summed E-state index contributed by atoms with van der Waals surface area (Å²) >= 11 is 1.51. The average molecular weight is 288 g/mol. The Bertz CT molecular complexity index is 591. The van der Waals surface area contributed by atoms with Crippen LogP contribution in [0.1, 0.15) is 26.0 Å². The number of pyridine rings is 1. The molecule has 3 rings (SSSR count). The first-order chi connectivity index (χ1) is 9.78. The molecule has 0 bridgehead atoms.